The van der Waals surface area contributed by atoms with E-state index in [1.807, 2.05) is 36.6 Å². The molecule has 160 valence electrons. The number of nitrogens with one attached hydrogen (secondary N) is 1. The third-order valence-electron chi connectivity index (χ3n) is 5.24. The highest BCUT2D eigenvalue weighted by Gasteiger charge is 2.19. The first kappa shape index (κ1) is 21.9. The van der Waals surface area contributed by atoms with Gasteiger partial charge in [0.05, 0.1) is 30.4 Å². The normalized spacial score (nSPS) is 12.2. The van der Waals surface area contributed by atoms with Crippen LogP contribution in [0, 0.1) is 0 Å². The molecule has 30 heavy (non-hydrogen) atoms. The topological polar surface area (TPSA) is 79.5 Å². The number of methoxy groups -OCH3 is 1. The Balaban J connectivity index is 2.16. The summed E-state index contributed by atoms with van der Waals surface area (Å²) >= 11 is 4.54. The fraction of sp³-hybridized carbons (Fsp3) is 0.348. The molecule has 1 unspecified atom stereocenters. The summed E-state index contributed by atoms with van der Waals surface area (Å²) in [6, 6.07) is 9.26. The van der Waals surface area contributed by atoms with Gasteiger partial charge >= 0.3 is 0 Å². The maximum Gasteiger partial charge on any atom is 0.169 e. The van der Waals surface area contributed by atoms with Crippen LogP contribution in [0.4, 0.5) is 5.69 Å². The first-order valence-corrected chi connectivity index (χ1v) is 10.5. The van der Waals surface area contributed by atoms with Crippen molar-refractivity contribution in [2.45, 2.75) is 51.2 Å². The van der Waals surface area contributed by atoms with Crippen molar-refractivity contribution in [2.24, 2.45) is 0 Å². The molecule has 0 aliphatic carbocycles. The lowest BCUT2D eigenvalue weighted by Gasteiger charge is -2.19. The number of aromatic hydroxyl groups is 2. The maximum atomic E-state index is 10.6. The second kappa shape index (κ2) is 8.92. The average Bonchev–Trinajstić information content (AvgIpc) is 3.08. The van der Waals surface area contributed by atoms with E-state index in [9.17, 15) is 10.2 Å². The van der Waals surface area contributed by atoms with E-state index in [1.54, 1.807) is 19.4 Å². The monoisotopic (exact) mass is 427 g/mol. The van der Waals surface area contributed by atoms with Crippen molar-refractivity contribution in [3.05, 3.63) is 42.1 Å². The van der Waals surface area contributed by atoms with Crippen LogP contribution in [0.5, 0.6) is 17.2 Å². The molecular formula is C23H29N3O3S. The van der Waals surface area contributed by atoms with Gasteiger partial charge in [-0.3, -0.25) is 4.57 Å². The van der Waals surface area contributed by atoms with Gasteiger partial charge in [0.2, 0.25) is 0 Å². The molecule has 2 aromatic carbocycles. The molecule has 0 saturated carbocycles. The predicted molar refractivity (Wildman–Crippen MR) is 124 cm³/mol. The molecule has 6 nitrogen and oxygen atoms in total. The Labute approximate surface area is 183 Å². The molecule has 0 fully saturated rings. The summed E-state index contributed by atoms with van der Waals surface area (Å²) in [5.41, 5.74) is 3.72. The van der Waals surface area contributed by atoms with Gasteiger partial charge < -0.3 is 20.3 Å². The van der Waals surface area contributed by atoms with Crippen LogP contribution in [0.15, 0.2) is 41.7 Å². The number of ether oxygens (including phenoxy) is 1. The Morgan fingerprint density at radius 3 is 2.50 bits per heavy atom. The first-order valence-electron chi connectivity index (χ1n) is 10.0. The number of phenolic OH excluding ortho intramolecular Hbond substituents is 2. The zero-order chi connectivity index (χ0) is 22.0. The number of phenols is 2. The fourth-order valence-corrected chi connectivity index (χ4v) is 3.64. The van der Waals surface area contributed by atoms with Gasteiger partial charge in [0.25, 0.3) is 0 Å². The highest BCUT2D eigenvalue weighted by atomic mass is 32.1. The van der Waals surface area contributed by atoms with E-state index in [-0.39, 0.29) is 23.5 Å². The Bertz CT molecular complexity index is 1050. The summed E-state index contributed by atoms with van der Waals surface area (Å²) in [5, 5.41) is 24.7. The van der Waals surface area contributed by atoms with Crippen LogP contribution >= 0.6 is 12.6 Å². The molecule has 3 N–H and O–H groups in total. The molecule has 0 spiro atoms. The van der Waals surface area contributed by atoms with Gasteiger partial charge in [-0.05, 0) is 49.1 Å². The molecule has 0 aliphatic heterocycles. The van der Waals surface area contributed by atoms with Gasteiger partial charge in [-0.25, -0.2) is 4.98 Å². The van der Waals surface area contributed by atoms with Crippen molar-refractivity contribution in [2.75, 3.05) is 12.4 Å². The highest BCUT2D eigenvalue weighted by Crippen LogP contribution is 2.40. The molecule has 7 heteroatoms. The minimum atomic E-state index is -0.0159. The standard InChI is InChI=1S/C23H29N3O3S/c1-6-14(4)25-18-9-15(7-8-22(18)29-5)26-19(12-24-23(26)30)17-10-16(13(2)3)20(27)11-21(17)28/h7-14,25,27-28H,6H2,1-5H3,(H,24,30). The van der Waals surface area contributed by atoms with Crippen molar-refractivity contribution >= 4 is 18.3 Å². The van der Waals surface area contributed by atoms with Gasteiger partial charge in [0.1, 0.15) is 17.2 Å². The number of thiol groups is 1. The lowest BCUT2D eigenvalue weighted by molar-refractivity contribution is 0.416. The second-order valence-corrected chi connectivity index (χ2v) is 8.10. The number of rotatable bonds is 7. The van der Waals surface area contributed by atoms with Crippen molar-refractivity contribution in [3.63, 3.8) is 0 Å². The molecule has 3 aromatic rings. The number of hydrogen-bond donors (Lipinski definition) is 4. The Morgan fingerprint density at radius 2 is 1.87 bits per heavy atom. The molecule has 1 heterocycles. The van der Waals surface area contributed by atoms with Crippen LogP contribution in [0.2, 0.25) is 0 Å². The smallest absolute Gasteiger partial charge is 0.169 e. The minimum Gasteiger partial charge on any atom is -0.508 e. The Morgan fingerprint density at radius 1 is 1.13 bits per heavy atom. The van der Waals surface area contributed by atoms with Crippen molar-refractivity contribution < 1.29 is 14.9 Å². The predicted octanol–water partition coefficient (Wildman–Crippen LogP) is 5.58. The van der Waals surface area contributed by atoms with Crippen molar-refractivity contribution in [3.8, 4) is 34.2 Å². The molecule has 0 saturated heterocycles. The SMILES string of the molecule is CCC(C)Nc1cc(-n2c(-c3cc(C(C)C)c(O)cc3O)cnc2S)ccc1OC. The van der Waals surface area contributed by atoms with E-state index < -0.39 is 0 Å². The van der Waals surface area contributed by atoms with E-state index in [4.69, 9.17) is 4.74 Å². The summed E-state index contributed by atoms with van der Waals surface area (Å²) < 4.78 is 7.37. The van der Waals surface area contributed by atoms with Crippen LogP contribution in [-0.4, -0.2) is 32.9 Å². The maximum absolute atomic E-state index is 10.6. The quantitative estimate of drug-likeness (QED) is 0.370. The number of anilines is 1. The summed E-state index contributed by atoms with van der Waals surface area (Å²) in [6.07, 6.45) is 2.64. The Hall–Kier alpha value is -2.80. The largest absolute Gasteiger partial charge is 0.508 e. The second-order valence-electron chi connectivity index (χ2n) is 7.70. The fourth-order valence-electron chi connectivity index (χ4n) is 3.36. The zero-order valence-electron chi connectivity index (χ0n) is 18.0. The molecule has 0 radical (unpaired) electrons. The lowest BCUT2D eigenvalue weighted by Crippen LogP contribution is -2.14. The van der Waals surface area contributed by atoms with Crippen molar-refractivity contribution in [1.29, 1.82) is 0 Å². The van der Waals surface area contributed by atoms with Gasteiger partial charge in [-0.2, -0.15) is 0 Å². The number of nitrogens with zero attached hydrogens (tertiary/aromatic N) is 2. The molecule has 1 aromatic heterocycles. The molecule has 0 aliphatic rings. The number of aromatic nitrogens is 2. The summed E-state index contributed by atoms with van der Waals surface area (Å²) in [5.74, 6) is 0.908. The summed E-state index contributed by atoms with van der Waals surface area (Å²) in [6.45, 7) is 8.22. The van der Waals surface area contributed by atoms with Gasteiger partial charge in [0.15, 0.2) is 5.16 Å². The molecule has 0 bridgehead atoms. The van der Waals surface area contributed by atoms with Crippen LogP contribution in [0.25, 0.3) is 16.9 Å². The van der Waals surface area contributed by atoms with Gasteiger partial charge in [-0.1, -0.05) is 20.8 Å². The van der Waals surface area contributed by atoms with E-state index in [0.29, 0.717) is 16.4 Å². The van der Waals surface area contributed by atoms with E-state index in [2.05, 4.69) is 36.8 Å². The average molecular weight is 428 g/mol. The molecule has 1 atom stereocenters. The third kappa shape index (κ3) is 4.21. The van der Waals surface area contributed by atoms with Gasteiger partial charge in [-0.15, -0.1) is 12.6 Å². The van der Waals surface area contributed by atoms with Crippen LogP contribution < -0.4 is 10.1 Å². The number of hydrogen-bond acceptors (Lipinski definition) is 6. The minimum absolute atomic E-state index is 0.0159. The summed E-state index contributed by atoms with van der Waals surface area (Å²) in [7, 11) is 1.64. The van der Waals surface area contributed by atoms with E-state index in [1.165, 1.54) is 6.07 Å². The Kier molecular flexibility index (Phi) is 6.51. The highest BCUT2D eigenvalue weighted by molar-refractivity contribution is 7.80. The lowest BCUT2D eigenvalue weighted by atomic mass is 9.97. The first-order chi connectivity index (χ1) is 14.3. The van der Waals surface area contributed by atoms with Gasteiger partial charge in [0, 0.05) is 17.7 Å². The van der Waals surface area contributed by atoms with E-state index in [0.717, 1.165) is 29.1 Å². The molecule has 0 amide bonds. The molecular weight excluding hydrogens is 398 g/mol. The van der Waals surface area contributed by atoms with Crippen LogP contribution in [0.1, 0.15) is 45.6 Å². The van der Waals surface area contributed by atoms with Crippen molar-refractivity contribution in [1.82, 2.24) is 9.55 Å². The summed E-state index contributed by atoms with van der Waals surface area (Å²) in [4.78, 5) is 4.36. The van der Waals surface area contributed by atoms with E-state index >= 15 is 0 Å². The molecule has 3 rings (SSSR count). The van der Waals surface area contributed by atoms with Crippen LogP contribution in [-0.2, 0) is 0 Å². The number of imidazole rings is 1. The van der Waals surface area contributed by atoms with Crippen LogP contribution in [0.3, 0.4) is 0 Å². The zero-order valence-corrected chi connectivity index (χ0v) is 18.9. The third-order valence-corrected chi connectivity index (χ3v) is 5.56. The number of benzene rings is 2.